The molecule has 19 heavy (non-hydrogen) atoms. The molecule has 0 aliphatic carbocycles. The largest absolute Gasteiger partial charge is 0.311 e. The molecule has 0 saturated carbocycles. The van der Waals surface area contributed by atoms with Crippen molar-refractivity contribution in [1.82, 2.24) is 10.2 Å². The topological polar surface area (TPSA) is 57.8 Å². The van der Waals surface area contributed by atoms with Crippen LogP contribution in [-0.4, -0.2) is 16.1 Å². The summed E-state index contributed by atoms with van der Waals surface area (Å²) in [6.45, 7) is 2.00. The van der Waals surface area contributed by atoms with Gasteiger partial charge in [0.15, 0.2) is 0 Å². The molecule has 2 rings (SSSR count). The van der Waals surface area contributed by atoms with Crippen molar-refractivity contribution >= 4 is 34.9 Å². The average Bonchev–Trinajstić information content (AvgIpc) is 2.80. The predicted octanol–water partition coefficient (Wildman–Crippen LogP) is 3.46. The summed E-state index contributed by atoms with van der Waals surface area (Å²) in [6.07, 6.45) is 2.69. The Bertz CT molecular complexity index is 595. The van der Waals surface area contributed by atoms with E-state index in [2.05, 4.69) is 15.5 Å². The van der Waals surface area contributed by atoms with E-state index in [9.17, 15) is 4.79 Å². The summed E-state index contributed by atoms with van der Waals surface area (Å²) in [5.74, 6) is 0.487. The first-order chi connectivity index (χ1) is 9.10. The van der Waals surface area contributed by atoms with Gasteiger partial charge in [-0.15, -0.1) is 0 Å². The zero-order valence-electron chi connectivity index (χ0n) is 10.3. The molecule has 0 radical (unpaired) electrons. The molecule has 1 aromatic carbocycles. The fourth-order valence-corrected chi connectivity index (χ4v) is 2.18. The van der Waals surface area contributed by atoms with Crippen molar-refractivity contribution in [2.75, 3.05) is 5.32 Å². The number of nitrogens with zero attached hydrogens (tertiary/aromatic N) is 1. The average molecular weight is 298 g/mol. The number of benzene rings is 1. The lowest BCUT2D eigenvalue weighted by Crippen LogP contribution is -2.15. The molecular formula is C13H13Cl2N3O. The van der Waals surface area contributed by atoms with Crippen LogP contribution >= 0.6 is 23.2 Å². The summed E-state index contributed by atoms with van der Waals surface area (Å²) in [7, 11) is 0. The van der Waals surface area contributed by atoms with Gasteiger partial charge in [0.25, 0.3) is 0 Å². The summed E-state index contributed by atoms with van der Waals surface area (Å²) in [4.78, 5) is 11.9. The molecule has 2 aromatic rings. The van der Waals surface area contributed by atoms with E-state index in [1.165, 1.54) is 0 Å². The molecule has 0 aliphatic rings. The lowest BCUT2D eigenvalue weighted by Gasteiger charge is -2.06. The maximum atomic E-state index is 11.9. The number of halogens is 2. The number of amides is 1. The smallest absolute Gasteiger partial charge is 0.229 e. The SMILES string of the molecule is CCc1cn[nH]c1NC(=O)Cc1ccc(Cl)cc1Cl. The van der Waals surface area contributed by atoms with Gasteiger partial charge in [0.2, 0.25) is 5.91 Å². The number of nitrogens with one attached hydrogen (secondary N) is 2. The number of hydrogen-bond acceptors (Lipinski definition) is 2. The minimum Gasteiger partial charge on any atom is -0.311 e. The van der Waals surface area contributed by atoms with Crippen LogP contribution in [0.4, 0.5) is 5.82 Å². The molecule has 0 saturated heterocycles. The van der Waals surface area contributed by atoms with Gasteiger partial charge in [-0.05, 0) is 24.1 Å². The highest BCUT2D eigenvalue weighted by molar-refractivity contribution is 6.35. The van der Waals surface area contributed by atoms with Crippen LogP contribution in [0.2, 0.25) is 10.0 Å². The van der Waals surface area contributed by atoms with Crippen LogP contribution in [0.15, 0.2) is 24.4 Å². The van der Waals surface area contributed by atoms with Crippen LogP contribution in [0, 0.1) is 0 Å². The lowest BCUT2D eigenvalue weighted by atomic mass is 10.1. The van der Waals surface area contributed by atoms with Crippen LogP contribution < -0.4 is 5.32 Å². The molecule has 100 valence electrons. The van der Waals surface area contributed by atoms with Crippen molar-refractivity contribution in [3.63, 3.8) is 0 Å². The fraction of sp³-hybridized carbons (Fsp3) is 0.231. The van der Waals surface area contributed by atoms with Crippen molar-refractivity contribution in [2.24, 2.45) is 0 Å². The minimum atomic E-state index is -0.150. The quantitative estimate of drug-likeness (QED) is 0.908. The zero-order valence-corrected chi connectivity index (χ0v) is 11.8. The Kier molecular flexibility index (Phi) is 4.45. The molecule has 1 heterocycles. The molecule has 0 atom stereocenters. The maximum Gasteiger partial charge on any atom is 0.229 e. The monoisotopic (exact) mass is 297 g/mol. The first-order valence-corrected chi connectivity index (χ1v) is 6.61. The van der Waals surface area contributed by atoms with Crippen molar-refractivity contribution < 1.29 is 4.79 Å². The van der Waals surface area contributed by atoms with Gasteiger partial charge in [0.1, 0.15) is 5.82 Å². The Morgan fingerprint density at radius 3 is 2.84 bits per heavy atom. The molecule has 4 nitrogen and oxygen atoms in total. The first kappa shape index (κ1) is 13.9. The predicted molar refractivity (Wildman–Crippen MR) is 76.8 cm³/mol. The number of aryl methyl sites for hydroxylation is 1. The number of aromatic nitrogens is 2. The summed E-state index contributed by atoms with van der Waals surface area (Å²) in [5.41, 5.74) is 1.71. The Hall–Kier alpha value is -1.52. The number of carbonyl (C=O) groups excluding carboxylic acids is 1. The van der Waals surface area contributed by atoms with Gasteiger partial charge in [-0.3, -0.25) is 9.89 Å². The van der Waals surface area contributed by atoms with Gasteiger partial charge < -0.3 is 5.32 Å². The third-order valence-electron chi connectivity index (χ3n) is 2.73. The van der Waals surface area contributed by atoms with E-state index in [0.717, 1.165) is 17.5 Å². The van der Waals surface area contributed by atoms with Gasteiger partial charge in [-0.1, -0.05) is 36.2 Å². The van der Waals surface area contributed by atoms with E-state index in [1.807, 2.05) is 6.92 Å². The van der Waals surface area contributed by atoms with Gasteiger partial charge in [-0.2, -0.15) is 5.10 Å². The van der Waals surface area contributed by atoms with Crippen molar-refractivity contribution in [2.45, 2.75) is 19.8 Å². The van der Waals surface area contributed by atoms with Crippen LogP contribution in [-0.2, 0) is 17.6 Å². The molecule has 0 bridgehead atoms. The minimum absolute atomic E-state index is 0.150. The highest BCUT2D eigenvalue weighted by atomic mass is 35.5. The summed E-state index contributed by atoms with van der Waals surface area (Å²) in [5, 5.41) is 10.5. The number of H-pyrrole nitrogens is 1. The number of aromatic amines is 1. The Balaban J connectivity index is 2.05. The van der Waals surface area contributed by atoms with Gasteiger partial charge in [-0.25, -0.2) is 0 Å². The standard InChI is InChI=1S/C13H13Cl2N3O/c1-2-8-7-16-18-13(8)17-12(19)5-9-3-4-10(14)6-11(9)15/h3-4,6-7H,2,5H2,1H3,(H2,16,17,18,19). The van der Waals surface area contributed by atoms with Gasteiger partial charge in [0, 0.05) is 15.6 Å². The molecule has 0 aliphatic heterocycles. The Labute approximate surface area is 121 Å². The van der Waals surface area contributed by atoms with E-state index >= 15 is 0 Å². The van der Waals surface area contributed by atoms with Crippen molar-refractivity contribution in [1.29, 1.82) is 0 Å². The summed E-state index contributed by atoms with van der Waals surface area (Å²) >= 11 is 11.8. The molecule has 1 aromatic heterocycles. The second-order valence-corrected chi connectivity index (χ2v) is 4.93. The molecule has 0 unspecified atom stereocenters. The van der Waals surface area contributed by atoms with Crippen molar-refractivity contribution in [3.8, 4) is 0 Å². The first-order valence-electron chi connectivity index (χ1n) is 5.86. The third kappa shape index (κ3) is 3.49. The van der Waals surface area contributed by atoms with E-state index in [0.29, 0.717) is 15.9 Å². The van der Waals surface area contributed by atoms with Gasteiger partial charge >= 0.3 is 0 Å². The molecule has 2 N–H and O–H groups in total. The highest BCUT2D eigenvalue weighted by Gasteiger charge is 2.10. The van der Waals surface area contributed by atoms with E-state index < -0.39 is 0 Å². The summed E-state index contributed by atoms with van der Waals surface area (Å²) < 4.78 is 0. The van der Waals surface area contributed by atoms with Crippen molar-refractivity contribution in [3.05, 3.63) is 45.6 Å². The molecule has 0 spiro atoms. The normalized spacial score (nSPS) is 10.5. The summed E-state index contributed by atoms with van der Waals surface area (Å²) in [6, 6.07) is 5.08. The third-order valence-corrected chi connectivity index (χ3v) is 3.32. The highest BCUT2D eigenvalue weighted by Crippen LogP contribution is 2.22. The Morgan fingerprint density at radius 1 is 1.37 bits per heavy atom. The second kappa shape index (κ2) is 6.08. The maximum absolute atomic E-state index is 11.9. The number of carbonyl (C=O) groups is 1. The second-order valence-electron chi connectivity index (χ2n) is 4.08. The molecular weight excluding hydrogens is 285 g/mol. The van der Waals surface area contributed by atoms with E-state index in [4.69, 9.17) is 23.2 Å². The number of hydrogen-bond donors (Lipinski definition) is 2. The number of rotatable bonds is 4. The molecule has 6 heteroatoms. The fourth-order valence-electron chi connectivity index (χ4n) is 1.71. The van der Waals surface area contributed by atoms with Crippen LogP contribution in [0.5, 0.6) is 0 Å². The molecule has 0 fully saturated rings. The number of anilines is 1. The van der Waals surface area contributed by atoms with Crippen LogP contribution in [0.1, 0.15) is 18.1 Å². The van der Waals surface area contributed by atoms with Gasteiger partial charge in [0.05, 0.1) is 12.6 Å². The van der Waals surface area contributed by atoms with E-state index in [1.54, 1.807) is 24.4 Å². The molecule has 1 amide bonds. The zero-order chi connectivity index (χ0) is 13.8. The lowest BCUT2D eigenvalue weighted by molar-refractivity contribution is -0.115. The van der Waals surface area contributed by atoms with Crippen LogP contribution in [0.3, 0.4) is 0 Å². The van der Waals surface area contributed by atoms with E-state index in [-0.39, 0.29) is 12.3 Å². The van der Waals surface area contributed by atoms with Crippen LogP contribution in [0.25, 0.3) is 0 Å². The Morgan fingerprint density at radius 2 is 2.16 bits per heavy atom.